The van der Waals surface area contributed by atoms with Crippen LogP contribution in [0.15, 0.2) is 0 Å². The van der Waals surface area contributed by atoms with Crippen LogP contribution in [0.1, 0.15) is 6.42 Å². The molecule has 2 rings (SSSR count). The lowest BCUT2D eigenvalue weighted by Gasteiger charge is -2.16. The number of hydrogen-bond acceptors (Lipinski definition) is 8. The average molecular weight is 253 g/mol. The van der Waals surface area contributed by atoms with Crippen LogP contribution in [0, 0.1) is 5.92 Å². The van der Waals surface area contributed by atoms with Gasteiger partial charge in [-0.15, -0.1) is 0 Å². The third-order valence-electron chi connectivity index (χ3n) is 2.79. The van der Waals surface area contributed by atoms with Gasteiger partial charge < -0.3 is 15.4 Å². The lowest BCUT2D eigenvalue weighted by atomic mass is 10.1. The quantitative estimate of drug-likeness (QED) is 0.435. The number of rotatable bonds is 4. The summed E-state index contributed by atoms with van der Waals surface area (Å²) in [4.78, 5) is 25.1. The second kappa shape index (κ2) is 5.00. The van der Waals surface area contributed by atoms with Crippen LogP contribution < -0.4 is 26.6 Å². The van der Waals surface area contributed by atoms with E-state index in [4.69, 9.17) is 16.3 Å². The SMILES string of the molecule is COc1nc(NN)nc(N2CCC(C(N)=O)C2)n1. The smallest absolute Gasteiger partial charge is 0.322 e. The highest BCUT2D eigenvalue weighted by atomic mass is 16.5. The van der Waals surface area contributed by atoms with Gasteiger partial charge in [-0.25, -0.2) is 5.84 Å². The molecule has 1 aliphatic heterocycles. The molecule has 0 radical (unpaired) electrons. The Balaban J connectivity index is 2.20. The minimum atomic E-state index is -0.310. The lowest BCUT2D eigenvalue weighted by Crippen LogP contribution is -2.28. The van der Waals surface area contributed by atoms with E-state index in [1.165, 1.54) is 7.11 Å². The fourth-order valence-electron chi connectivity index (χ4n) is 1.82. The maximum absolute atomic E-state index is 11.1. The maximum atomic E-state index is 11.1. The minimum absolute atomic E-state index is 0.162. The summed E-state index contributed by atoms with van der Waals surface area (Å²) in [6.45, 7) is 1.15. The van der Waals surface area contributed by atoms with Crippen molar-refractivity contribution >= 4 is 17.8 Å². The van der Waals surface area contributed by atoms with Gasteiger partial charge in [0.1, 0.15) is 0 Å². The average Bonchev–Trinajstić information content (AvgIpc) is 2.87. The third-order valence-corrected chi connectivity index (χ3v) is 2.79. The van der Waals surface area contributed by atoms with Crippen molar-refractivity contribution in [1.82, 2.24) is 15.0 Å². The van der Waals surface area contributed by atoms with Crippen LogP contribution in [0.2, 0.25) is 0 Å². The number of methoxy groups -OCH3 is 1. The summed E-state index contributed by atoms with van der Waals surface area (Å²) in [5.74, 6) is 5.40. The van der Waals surface area contributed by atoms with E-state index in [9.17, 15) is 4.79 Å². The molecule has 1 atom stereocenters. The van der Waals surface area contributed by atoms with Crippen molar-refractivity contribution in [2.45, 2.75) is 6.42 Å². The molecule has 18 heavy (non-hydrogen) atoms. The van der Waals surface area contributed by atoms with E-state index in [0.717, 1.165) is 0 Å². The summed E-state index contributed by atoms with van der Waals surface area (Å²) < 4.78 is 4.96. The molecule has 0 bridgehead atoms. The summed E-state index contributed by atoms with van der Waals surface area (Å²) in [6.07, 6.45) is 0.689. The molecule has 0 aliphatic carbocycles. The number of carbonyl (C=O) groups excluding carboxylic acids is 1. The molecule has 1 saturated heterocycles. The van der Waals surface area contributed by atoms with Crippen LogP contribution in [-0.4, -0.2) is 41.1 Å². The molecule has 1 aliphatic rings. The number of nitrogens with two attached hydrogens (primary N) is 2. The number of nitrogen functional groups attached to an aromatic ring is 1. The van der Waals surface area contributed by atoms with Crippen molar-refractivity contribution in [2.75, 3.05) is 30.5 Å². The van der Waals surface area contributed by atoms with Gasteiger partial charge in [0.25, 0.3) is 0 Å². The predicted octanol–water partition coefficient (Wildman–Crippen LogP) is -1.52. The zero-order valence-corrected chi connectivity index (χ0v) is 9.96. The van der Waals surface area contributed by atoms with E-state index in [2.05, 4.69) is 20.4 Å². The Kier molecular flexibility index (Phi) is 3.42. The minimum Gasteiger partial charge on any atom is -0.467 e. The maximum Gasteiger partial charge on any atom is 0.322 e. The molecule has 98 valence electrons. The van der Waals surface area contributed by atoms with E-state index in [0.29, 0.717) is 25.5 Å². The van der Waals surface area contributed by atoms with Gasteiger partial charge in [0.05, 0.1) is 13.0 Å². The number of hydrazine groups is 1. The number of carbonyl (C=O) groups is 1. The number of nitrogens with one attached hydrogen (secondary N) is 1. The number of ether oxygens (including phenoxy) is 1. The molecule has 1 fully saturated rings. The zero-order chi connectivity index (χ0) is 13.1. The molecular formula is C9H15N7O2. The van der Waals surface area contributed by atoms with E-state index in [-0.39, 0.29) is 23.8 Å². The van der Waals surface area contributed by atoms with E-state index in [1.54, 1.807) is 0 Å². The van der Waals surface area contributed by atoms with E-state index < -0.39 is 0 Å². The summed E-state index contributed by atoms with van der Waals surface area (Å²) in [5.41, 5.74) is 7.61. The summed E-state index contributed by atoms with van der Waals surface area (Å²) in [7, 11) is 1.45. The highest BCUT2D eigenvalue weighted by Gasteiger charge is 2.28. The van der Waals surface area contributed by atoms with Crippen LogP contribution in [0.5, 0.6) is 6.01 Å². The Morgan fingerprint density at radius 1 is 1.50 bits per heavy atom. The monoisotopic (exact) mass is 253 g/mol. The topological polar surface area (TPSA) is 132 Å². The first-order chi connectivity index (χ1) is 8.63. The molecule has 1 unspecified atom stereocenters. The standard InChI is InChI=1S/C9H15N7O2/c1-18-9-13-7(15-11)12-8(14-9)16-3-2-5(4-16)6(10)17/h5H,2-4,11H2,1H3,(H2,10,17)(H,12,13,14,15). The van der Waals surface area contributed by atoms with Gasteiger partial charge in [-0.3, -0.25) is 10.2 Å². The van der Waals surface area contributed by atoms with Crippen molar-refractivity contribution in [3.8, 4) is 6.01 Å². The second-order valence-electron chi connectivity index (χ2n) is 3.92. The van der Waals surface area contributed by atoms with Gasteiger partial charge in [-0.2, -0.15) is 15.0 Å². The largest absolute Gasteiger partial charge is 0.467 e. The van der Waals surface area contributed by atoms with Crippen LogP contribution in [0.4, 0.5) is 11.9 Å². The Morgan fingerprint density at radius 2 is 2.28 bits per heavy atom. The molecule has 1 amide bonds. The van der Waals surface area contributed by atoms with Gasteiger partial charge in [-0.05, 0) is 6.42 Å². The van der Waals surface area contributed by atoms with Gasteiger partial charge in [0.15, 0.2) is 0 Å². The van der Waals surface area contributed by atoms with E-state index in [1.807, 2.05) is 4.90 Å². The second-order valence-corrected chi connectivity index (χ2v) is 3.92. The number of nitrogens with zero attached hydrogens (tertiary/aromatic N) is 4. The van der Waals surface area contributed by atoms with Crippen LogP contribution in [0.25, 0.3) is 0 Å². The molecule has 2 heterocycles. The van der Waals surface area contributed by atoms with Gasteiger partial charge >= 0.3 is 6.01 Å². The predicted molar refractivity (Wildman–Crippen MR) is 63.7 cm³/mol. The normalized spacial score (nSPS) is 18.8. The summed E-state index contributed by atoms with van der Waals surface area (Å²) in [5, 5.41) is 0. The zero-order valence-electron chi connectivity index (χ0n) is 9.96. The molecule has 5 N–H and O–H groups in total. The summed E-state index contributed by atoms with van der Waals surface area (Å²) in [6, 6.07) is 0.162. The van der Waals surface area contributed by atoms with Crippen molar-refractivity contribution in [3.05, 3.63) is 0 Å². The highest BCUT2D eigenvalue weighted by Crippen LogP contribution is 2.22. The van der Waals surface area contributed by atoms with E-state index >= 15 is 0 Å². The van der Waals surface area contributed by atoms with Crippen molar-refractivity contribution < 1.29 is 9.53 Å². The molecule has 0 spiro atoms. The van der Waals surface area contributed by atoms with Crippen LogP contribution in [0.3, 0.4) is 0 Å². The van der Waals surface area contributed by atoms with Crippen molar-refractivity contribution in [3.63, 3.8) is 0 Å². The molecule has 9 heteroatoms. The number of amides is 1. The Morgan fingerprint density at radius 3 is 2.83 bits per heavy atom. The molecule has 0 saturated carbocycles. The fraction of sp³-hybridized carbons (Fsp3) is 0.556. The molecule has 0 aromatic carbocycles. The molecule has 9 nitrogen and oxygen atoms in total. The fourth-order valence-corrected chi connectivity index (χ4v) is 1.82. The van der Waals surface area contributed by atoms with Crippen LogP contribution in [-0.2, 0) is 4.79 Å². The number of primary amides is 1. The Hall–Kier alpha value is -2.16. The van der Waals surface area contributed by atoms with Crippen LogP contribution >= 0.6 is 0 Å². The first kappa shape index (κ1) is 12.3. The first-order valence-electron chi connectivity index (χ1n) is 5.45. The summed E-state index contributed by atoms with van der Waals surface area (Å²) >= 11 is 0. The molecule has 1 aromatic heterocycles. The van der Waals surface area contributed by atoms with Crippen molar-refractivity contribution in [2.24, 2.45) is 17.5 Å². The first-order valence-corrected chi connectivity index (χ1v) is 5.45. The number of anilines is 2. The van der Waals surface area contributed by atoms with Gasteiger partial charge in [0.2, 0.25) is 17.8 Å². The van der Waals surface area contributed by atoms with Gasteiger partial charge in [-0.1, -0.05) is 0 Å². The Bertz CT molecular complexity index is 430. The third kappa shape index (κ3) is 2.40. The van der Waals surface area contributed by atoms with Gasteiger partial charge in [0, 0.05) is 13.1 Å². The number of aromatic nitrogens is 3. The van der Waals surface area contributed by atoms with Crippen molar-refractivity contribution in [1.29, 1.82) is 0 Å². The highest BCUT2D eigenvalue weighted by molar-refractivity contribution is 5.78. The lowest BCUT2D eigenvalue weighted by molar-refractivity contribution is -0.121. The number of hydrogen-bond donors (Lipinski definition) is 3. The molecule has 1 aromatic rings. The Labute approximate surface area is 104 Å². The molecular weight excluding hydrogens is 238 g/mol.